The van der Waals surface area contributed by atoms with Crippen LogP contribution < -0.4 is 5.32 Å². The molecule has 0 spiro atoms. The van der Waals surface area contributed by atoms with Crippen LogP contribution in [0.2, 0.25) is 0 Å². The van der Waals surface area contributed by atoms with E-state index >= 15 is 0 Å². The second kappa shape index (κ2) is 6.51. The van der Waals surface area contributed by atoms with Crippen molar-refractivity contribution in [2.45, 2.75) is 19.8 Å². The minimum Gasteiger partial charge on any atom is -0.306 e. The van der Waals surface area contributed by atoms with E-state index in [1.165, 1.54) is 7.05 Å². The van der Waals surface area contributed by atoms with Gasteiger partial charge in [-0.05, 0) is 36.8 Å². The highest BCUT2D eigenvalue weighted by molar-refractivity contribution is 7.71. The Kier molecular flexibility index (Phi) is 4.71. The van der Waals surface area contributed by atoms with Crippen LogP contribution in [0.4, 0.5) is 10.5 Å². The lowest BCUT2D eigenvalue weighted by Crippen LogP contribution is -2.27. The number of rotatable bonds is 4. The maximum atomic E-state index is 11.5. The molecule has 2 aromatic rings. The highest BCUT2D eigenvalue weighted by Gasteiger charge is 2.10. The Morgan fingerprint density at radius 2 is 2.33 bits per heavy atom. The van der Waals surface area contributed by atoms with Crippen LogP contribution in [0.25, 0.3) is 5.69 Å². The van der Waals surface area contributed by atoms with Crippen molar-refractivity contribution in [3.63, 3.8) is 0 Å². The van der Waals surface area contributed by atoms with Gasteiger partial charge in [0.05, 0.1) is 5.69 Å². The number of carbonyl (C=O) groups excluding carboxylic acids is 1. The molecule has 1 aromatic carbocycles. The van der Waals surface area contributed by atoms with Gasteiger partial charge in [-0.3, -0.25) is 14.9 Å². The molecule has 0 aliphatic heterocycles. The minimum atomic E-state index is -0.614. The van der Waals surface area contributed by atoms with Crippen LogP contribution in [0.15, 0.2) is 24.3 Å². The zero-order chi connectivity index (χ0) is 15.4. The number of carbonyl (C=O) groups is 1. The third-order valence-electron chi connectivity index (χ3n) is 2.86. The summed E-state index contributed by atoms with van der Waals surface area (Å²) in [6, 6.07) is 6.56. The van der Waals surface area contributed by atoms with E-state index < -0.39 is 6.03 Å². The molecule has 0 bridgehead atoms. The summed E-state index contributed by atoms with van der Waals surface area (Å²) in [4.78, 5) is 11.5. The lowest BCUT2D eigenvalue weighted by Gasteiger charge is -2.12. The lowest BCUT2D eigenvalue weighted by molar-refractivity contribution is -0.0118. The molecule has 7 nitrogen and oxygen atoms in total. The fraction of sp³-hybridized carbons (Fsp3) is 0.308. The van der Waals surface area contributed by atoms with E-state index in [9.17, 15) is 4.79 Å². The predicted octanol–water partition coefficient (Wildman–Crippen LogP) is 2.74. The topological polar surface area (TPSA) is 86.2 Å². The molecule has 0 radical (unpaired) electrons. The van der Waals surface area contributed by atoms with Crippen molar-refractivity contribution >= 4 is 23.9 Å². The summed E-state index contributed by atoms with van der Waals surface area (Å²) in [7, 11) is 1.25. The molecule has 2 rings (SSSR count). The Hall–Kier alpha value is -2.19. The van der Waals surface area contributed by atoms with E-state index in [1.54, 1.807) is 18.2 Å². The number of hydroxylamine groups is 2. The molecule has 0 saturated carbocycles. The largest absolute Gasteiger partial charge is 0.345 e. The molecule has 1 aromatic heterocycles. The summed E-state index contributed by atoms with van der Waals surface area (Å²) in [6.07, 6.45) is 1.74. The van der Waals surface area contributed by atoms with Gasteiger partial charge >= 0.3 is 6.03 Å². The number of benzene rings is 1. The Labute approximate surface area is 127 Å². The zero-order valence-corrected chi connectivity index (χ0v) is 12.6. The number of nitrogens with zero attached hydrogens (tertiary/aromatic N) is 3. The van der Waals surface area contributed by atoms with E-state index in [-0.39, 0.29) is 0 Å². The van der Waals surface area contributed by atoms with Crippen molar-refractivity contribution in [1.29, 1.82) is 0 Å². The molecule has 0 aliphatic carbocycles. The van der Waals surface area contributed by atoms with Gasteiger partial charge in [0.15, 0.2) is 4.77 Å². The average Bonchev–Trinajstić information content (AvgIpc) is 2.80. The van der Waals surface area contributed by atoms with Crippen LogP contribution in [0, 0.1) is 4.77 Å². The summed E-state index contributed by atoms with van der Waals surface area (Å²) in [5, 5.41) is 19.1. The number of aryl methyl sites for hydroxylation is 1. The van der Waals surface area contributed by atoms with Crippen molar-refractivity contribution in [3.05, 3.63) is 34.9 Å². The summed E-state index contributed by atoms with van der Waals surface area (Å²) in [5.41, 5.74) is 1.36. The van der Waals surface area contributed by atoms with Crippen LogP contribution in [0.1, 0.15) is 19.2 Å². The van der Waals surface area contributed by atoms with Crippen molar-refractivity contribution in [1.82, 2.24) is 19.8 Å². The number of urea groups is 1. The number of aromatic nitrogens is 3. The van der Waals surface area contributed by atoms with E-state index in [1.807, 2.05) is 10.6 Å². The molecule has 112 valence electrons. The third-order valence-corrected chi connectivity index (χ3v) is 3.14. The van der Waals surface area contributed by atoms with Crippen molar-refractivity contribution in [3.8, 4) is 5.69 Å². The van der Waals surface area contributed by atoms with E-state index in [0.29, 0.717) is 15.5 Å². The molecule has 0 saturated heterocycles. The molecule has 21 heavy (non-hydrogen) atoms. The number of H-pyrrole nitrogens is 1. The summed E-state index contributed by atoms with van der Waals surface area (Å²) in [5.74, 6) is 0.838. The third kappa shape index (κ3) is 3.47. The Morgan fingerprint density at radius 3 is 3.00 bits per heavy atom. The van der Waals surface area contributed by atoms with Gasteiger partial charge in [-0.25, -0.2) is 9.86 Å². The second-order valence-corrected chi connectivity index (χ2v) is 4.92. The Balaban J connectivity index is 2.35. The molecule has 3 N–H and O–H groups in total. The smallest absolute Gasteiger partial charge is 0.306 e. The van der Waals surface area contributed by atoms with Gasteiger partial charge in [0.1, 0.15) is 5.82 Å². The summed E-state index contributed by atoms with van der Waals surface area (Å²) >= 11 is 5.25. The first-order valence-electron chi connectivity index (χ1n) is 6.53. The fourth-order valence-corrected chi connectivity index (χ4v) is 2.17. The monoisotopic (exact) mass is 307 g/mol. The predicted molar refractivity (Wildman–Crippen MR) is 81.3 cm³/mol. The zero-order valence-electron chi connectivity index (χ0n) is 11.8. The summed E-state index contributed by atoms with van der Waals surface area (Å²) in [6.45, 7) is 2.07. The maximum Gasteiger partial charge on any atom is 0.345 e. The minimum absolute atomic E-state index is 0.485. The molecular formula is C13H17N5O2S. The first-order chi connectivity index (χ1) is 10.0. The van der Waals surface area contributed by atoms with Gasteiger partial charge in [0.2, 0.25) is 0 Å². The molecule has 0 unspecified atom stereocenters. The van der Waals surface area contributed by atoms with E-state index in [0.717, 1.165) is 24.4 Å². The van der Waals surface area contributed by atoms with Crippen LogP contribution in [-0.2, 0) is 6.42 Å². The van der Waals surface area contributed by atoms with Crippen molar-refractivity contribution in [2.75, 3.05) is 12.4 Å². The number of hydrogen-bond donors (Lipinski definition) is 3. The van der Waals surface area contributed by atoms with Gasteiger partial charge in [0, 0.05) is 19.2 Å². The number of aromatic amines is 1. The first-order valence-corrected chi connectivity index (χ1v) is 6.94. The van der Waals surface area contributed by atoms with Gasteiger partial charge in [-0.2, -0.15) is 5.10 Å². The molecular weight excluding hydrogens is 290 g/mol. The molecule has 2 amide bonds. The summed E-state index contributed by atoms with van der Waals surface area (Å²) < 4.78 is 2.33. The molecule has 0 fully saturated rings. The Morgan fingerprint density at radius 1 is 1.57 bits per heavy atom. The highest BCUT2D eigenvalue weighted by atomic mass is 32.1. The van der Waals surface area contributed by atoms with Crippen LogP contribution in [-0.4, -0.2) is 38.1 Å². The lowest BCUT2D eigenvalue weighted by atomic mass is 10.2. The van der Waals surface area contributed by atoms with Gasteiger partial charge in [-0.15, -0.1) is 0 Å². The number of anilines is 1. The van der Waals surface area contributed by atoms with Crippen molar-refractivity contribution < 1.29 is 10.0 Å². The first kappa shape index (κ1) is 15.2. The highest BCUT2D eigenvalue weighted by Crippen LogP contribution is 2.17. The molecule has 0 aliphatic rings. The fourth-order valence-electron chi connectivity index (χ4n) is 1.91. The van der Waals surface area contributed by atoms with Crippen LogP contribution in [0.5, 0.6) is 0 Å². The second-order valence-electron chi connectivity index (χ2n) is 4.53. The normalized spacial score (nSPS) is 10.4. The van der Waals surface area contributed by atoms with E-state index in [2.05, 4.69) is 22.4 Å². The van der Waals surface area contributed by atoms with Gasteiger partial charge < -0.3 is 5.32 Å². The van der Waals surface area contributed by atoms with Gasteiger partial charge in [-0.1, -0.05) is 13.0 Å². The van der Waals surface area contributed by atoms with Crippen LogP contribution in [0.3, 0.4) is 0 Å². The molecule has 1 heterocycles. The SMILES string of the molecule is CCCc1n[nH]c(=S)n1-c1cccc(NC(=O)N(C)O)c1. The van der Waals surface area contributed by atoms with Gasteiger partial charge in [0.25, 0.3) is 0 Å². The molecule has 8 heteroatoms. The maximum absolute atomic E-state index is 11.5. The standard InChI is InChI=1S/C13H17N5O2S/c1-3-5-11-15-16-13(21)18(11)10-7-4-6-9(8-10)14-12(19)17(2)20/h4,6-8,20H,3,5H2,1-2H3,(H,14,19)(H,16,21). The number of nitrogens with one attached hydrogen (secondary N) is 2. The Bertz CT molecular complexity index is 692. The number of hydrogen-bond acceptors (Lipinski definition) is 4. The average molecular weight is 307 g/mol. The quantitative estimate of drug-likeness (QED) is 0.460. The molecule has 0 atom stereocenters. The number of amides is 2. The van der Waals surface area contributed by atoms with Crippen molar-refractivity contribution in [2.24, 2.45) is 0 Å². The van der Waals surface area contributed by atoms with Crippen LogP contribution >= 0.6 is 12.2 Å². The van der Waals surface area contributed by atoms with E-state index in [4.69, 9.17) is 17.4 Å².